The molecular formula is C7H3ClF2INO2. The third-order valence-electron chi connectivity index (χ3n) is 1.42. The number of carboxylic acids is 1. The van der Waals surface area contributed by atoms with E-state index < -0.39 is 18.1 Å². The van der Waals surface area contributed by atoms with Gasteiger partial charge in [-0.05, 0) is 22.6 Å². The molecule has 3 nitrogen and oxygen atoms in total. The Kier molecular flexibility index (Phi) is 3.59. The van der Waals surface area contributed by atoms with Crippen molar-refractivity contribution in [2.45, 2.75) is 6.43 Å². The van der Waals surface area contributed by atoms with E-state index in [1.165, 1.54) is 0 Å². The number of aromatic carboxylic acids is 1. The molecule has 0 saturated heterocycles. The number of nitrogens with zero attached hydrogens (tertiary/aromatic N) is 1. The average Bonchev–Trinajstić information content (AvgIpc) is 2.08. The molecule has 1 N–H and O–H groups in total. The highest BCUT2D eigenvalue weighted by atomic mass is 127. The van der Waals surface area contributed by atoms with Gasteiger partial charge in [-0.3, -0.25) is 0 Å². The largest absolute Gasteiger partial charge is 0.476 e. The molecule has 1 rings (SSSR count). The van der Waals surface area contributed by atoms with Gasteiger partial charge in [-0.2, -0.15) is 0 Å². The fraction of sp³-hybridized carbons (Fsp3) is 0.143. The molecule has 0 aromatic carbocycles. The third-order valence-corrected chi connectivity index (χ3v) is 3.27. The highest BCUT2D eigenvalue weighted by molar-refractivity contribution is 14.1. The first-order valence-electron chi connectivity index (χ1n) is 3.30. The Hall–Kier alpha value is -0.500. The zero-order chi connectivity index (χ0) is 10.9. The Morgan fingerprint density at radius 1 is 1.64 bits per heavy atom. The number of hydrogen-bond donors (Lipinski definition) is 1. The summed E-state index contributed by atoms with van der Waals surface area (Å²) in [6.45, 7) is 0. The molecular weight excluding hydrogens is 330 g/mol. The van der Waals surface area contributed by atoms with Gasteiger partial charge in [0.1, 0.15) is 0 Å². The van der Waals surface area contributed by atoms with Crippen molar-refractivity contribution in [3.05, 3.63) is 26.0 Å². The van der Waals surface area contributed by atoms with Crippen LogP contribution in [-0.2, 0) is 0 Å². The van der Waals surface area contributed by atoms with Crippen molar-refractivity contribution in [1.82, 2.24) is 4.98 Å². The SMILES string of the molecule is O=C(O)c1ncc(C(F)F)c(I)c1Cl. The number of hydrogen-bond acceptors (Lipinski definition) is 2. The highest BCUT2D eigenvalue weighted by Gasteiger charge is 2.20. The summed E-state index contributed by atoms with van der Waals surface area (Å²) in [5, 5.41) is 8.33. The molecule has 0 aliphatic heterocycles. The van der Waals surface area contributed by atoms with Crippen LogP contribution in [-0.4, -0.2) is 16.1 Å². The summed E-state index contributed by atoms with van der Waals surface area (Å²) < 4.78 is 24.6. The standard InChI is InChI=1S/C7H3ClF2INO2/c8-3-4(11)2(6(9)10)1-12-5(3)7(13)14/h1,6H,(H,13,14). The van der Waals surface area contributed by atoms with Crippen LogP contribution in [0.5, 0.6) is 0 Å². The maximum atomic E-state index is 12.3. The Bertz CT molecular complexity index is 386. The van der Waals surface area contributed by atoms with E-state index in [1.807, 2.05) is 0 Å². The van der Waals surface area contributed by atoms with Crippen LogP contribution in [0, 0.1) is 3.57 Å². The van der Waals surface area contributed by atoms with Gasteiger partial charge < -0.3 is 5.11 Å². The van der Waals surface area contributed by atoms with E-state index in [0.717, 1.165) is 6.20 Å². The lowest BCUT2D eigenvalue weighted by Crippen LogP contribution is -2.05. The predicted octanol–water partition coefficient (Wildman–Crippen LogP) is 2.98. The van der Waals surface area contributed by atoms with Gasteiger partial charge in [0.25, 0.3) is 6.43 Å². The molecule has 1 aromatic rings. The van der Waals surface area contributed by atoms with Crippen LogP contribution in [0.1, 0.15) is 22.5 Å². The number of alkyl halides is 2. The van der Waals surface area contributed by atoms with Crippen LogP contribution in [0.3, 0.4) is 0 Å². The first kappa shape index (κ1) is 11.6. The monoisotopic (exact) mass is 333 g/mol. The van der Waals surface area contributed by atoms with Crippen molar-refractivity contribution < 1.29 is 18.7 Å². The van der Waals surface area contributed by atoms with E-state index in [1.54, 1.807) is 22.6 Å². The Balaban J connectivity index is 3.33. The quantitative estimate of drug-likeness (QED) is 0.847. The van der Waals surface area contributed by atoms with Gasteiger partial charge in [-0.15, -0.1) is 0 Å². The number of pyridine rings is 1. The first-order chi connectivity index (χ1) is 6.45. The van der Waals surface area contributed by atoms with Gasteiger partial charge in [0.05, 0.1) is 10.6 Å². The minimum absolute atomic E-state index is 0.0201. The van der Waals surface area contributed by atoms with E-state index in [0.29, 0.717) is 0 Å². The minimum atomic E-state index is -2.71. The van der Waals surface area contributed by atoms with Crippen LogP contribution >= 0.6 is 34.2 Å². The molecule has 0 saturated carbocycles. The Morgan fingerprint density at radius 3 is 2.64 bits per heavy atom. The maximum Gasteiger partial charge on any atom is 0.356 e. The van der Waals surface area contributed by atoms with Crippen LogP contribution in [0.25, 0.3) is 0 Å². The summed E-state index contributed by atoms with van der Waals surface area (Å²) in [6, 6.07) is 0. The summed E-state index contributed by atoms with van der Waals surface area (Å²) in [5.74, 6) is -1.34. The highest BCUT2D eigenvalue weighted by Crippen LogP contribution is 2.30. The lowest BCUT2D eigenvalue weighted by molar-refractivity contribution is 0.0690. The topological polar surface area (TPSA) is 50.2 Å². The van der Waals surface area contributed by atoms with Crippen LogP contribution in [0.15, 0.2) is 6.20 Å². The molecule has 1 heterocycles. The summed E-state index contributed by atoms with van der Waals surface area (Å²) in [6.07, 6.45) is -1.89. The normalized spacial score (nSPS) is 10.6. The Labute approximate surface area is 96.2 Å². The molecule has 0 amide bonds. The maximum absolute atomic E-state index is 12.3. The molecule has 7 heteroatoms. The second-order valence-electron chi connectivity index (χ2n) is 2.30. The zero-order valence-corrected chi connectivity index (χ0v) is 9.38. The van der Waals surface area contributed by atoms with Gasteiger partial charge in [0.2, 0.25) is 0 Å². The lowest BCUT2D eigenvalue weighted by atomic mass is 10.2. The molecule has 14 heavy (non-hydrogen) atoms. The van der Waals surface area contributed by atoms with Gasteiger partial charge in [0, 0.05) is 9.77 Å². The molecule has 0 atom stereocenters. The number of rotatable bonds is 2. The molecule has 0 unspecified atom stereocenters. The summed E-state index contributed by atoms with van der Waals surface area (Å²) >= 11 is 7.12. The van der Waals surface area contributed by atoms with E-state index in [-0.39, 0.29) is 14.2 Å². The van der Waals surface area contributed by atoms with Crippen molar-refractivity contribution in [2.24, 2.45) is 0 Å². The van der Waals surface area contributed by atoms with Crippen molar-refractivity contribution >= 4 is 40.2 Å². The van der Waals surface area contributed by atoms with Gasteiger partial charge in [0.15, 0.2) is 5.69 Å². The van der Waals surface area contributed by atoms with Crippen molar-refractivity contribution in [3.8, 4) is 0 Å². The fourth-order valence-electron chi connectivity index (χ4n) is 0.779. The number of carboxylic acid groups (broad SMARTS) is 1. The van der Waals surface area contributed by atoms with Gasteiger partial charge >= 0.3 is 5.97 Å². The van der Waals surface area contributed by atoms with Crippen molar-refractivity contribution in [3.63, 3.8) is 0 Å². The van der Waals surface area contributed by atoms with E-state index in [4.69, 9.17) is 16.7 Å². The number of aromatic nitrogens is 1. The lowest BCUT2D eigenvalue weighted by Gasteiger charge is -2.06. The van der Waals surface area contributed by atoms with Crippen LogP contribution in [0.4, 0.5) is 8.78 Å². The molecule has 0 radical (unpaired) electrons. The predicted molar refractivity (Wildman–Crippen MR) is 53.9 cm³/mol. The molecule has 0 bridgehead atoms. The zero-order valence-electron chi connectivity index (χ0n) is 6.47. The summed E-state index contributed by atoms with van der Waals surface area (Å²) in [4.78, 5) is 13.9. The number of carbonyl (C=O) groups is 1. The van der Waals surface area contributed by atoms with E-state index in [2.05, 4.69) is 4.98 Å². The average molecular weight is 333 g/mol. The molecule has 1 aromatic heterocycles. The third kappa shape index (κ3) is 2.11. The van der Waals surface area contributed by atoms with Crippen LogP contribution < -0.4 is 0 Å². The second kappa shape index (κ2) is 4.35. The smallest absolute Gasteiger partial charge is 0.356 e. The van der Waals surface area contributed by atoms with Crippen molar-refractivity contribution in [1.29, 1.82) is 0 Å². The molecule has 0 spiro atoms. The molecule has 0 fully saturated rings. The molecule has 76 valence electrons. The second-order valence-corrected chi connectivity index (χ2v) is 3.75. The number of halogens is 4. The molecule has 0 aliphatic carbocycles. The summed E-state index contributed by atoms with van der Waals surface area (Å²) in [5.41, 5.74) is -0.777. The minimum Gasteiger partial charge on any atom is -0.476 e. The first-order valence-corrected chi connectivity index (χ1v) is 4.76. The molecule has 0 aliphatic rings. The summed E-state index contributed by atoms with van der Waals surface area (Å²) in [7, 11) is 0. The van der Waals surface area contributed by atoms with Gasteiger partial charge in [-0.1, -0.05) is 11.6 Å². The van der Waals surface area contributed by atoms with Crippen molar-refractivity contribution in [2.75, 3.05) is 0 Å². The fourth-order valence-corrected chi connectivity index (χ4v) is 1.65. The van der Waals surface area contributed by atoms with Gasteiger partial charge in [-0.25, -0.2) is 18.6 Å². The van der Waals surface area contributed by atoms with E-state index >= 15 is 0 Å². The van der Waals surface area contributed by atoms with Crippen LogP contribution in [0.2, 0.25) is 5.02 Å². The van der Waals surface area contributed by atoms with E-state index in [9.17, 15) is 13.6 Å². The Morgan fingerprint density at radius 2 is 2.21 bits per heavy atom.